The smallest absolute Gasteiger partial charge is 0.407 e. The molecule has 0 atom stereocenters. The van der Waals surface area contributed by atoms with Gasteiger partial charge in [0.05, 0.1) is 0 Å². The molecule has 0 radical (unpaired) electrons. The van der Waals surface area contributed by atoms with Crippen LogP contribution in [0.1, 0.15) is 47.5 Å². The number of hydrogen-bond acceptors (Lipinski definition) is 4. The van der Waals surface area contributed by atoms with Crippen molar-refractivity contribution in [1.29, 1.82) is 0 Å². The van der Waals surface area contributed by atoms with Gasteiger partial charge in [0.2, 0.25) is 11.8 Å². The number of carbonyl (C=O) groups is 3. The van der Waals surface area contributed by atoms with Gasteiger partial charge >= 0.3 is 6.09 Å². The number of rotatable bonds is 7. The number of hydrogen-bond donors (Lipinski definition) is 3. The highest BCUT2D eigenvalue weighted by atomic mass is 16.6. The summed E-state index contributed by atoms with van der Waals surface area (Å²) in [6.07, 6.45) is -0.00372. The zero-order valence-corrected chi connectivity index (χ0v) is 16.1. The lowest BCUT2D eigenvalue weighted by Crippen LogP contribution is -2.34. The number of alkyl carbamates (subject to hydrolysis) is 1. The molecule has 144 valence electrons. The van der Waals surface area contributed by atoms with Gasteiger partial charge in [-0.05, 0) is 44.9 Å². The lowest BCUT2D eigenvalue weighted by molar-refractivity contribution is -0.117. The van der Waals surface area contributed by atoms with Crippen LogP contribution in [0.5, 0.6) is 0 Å². The molecule has 0 aliphatic heterocycles. The molecule has 0 aromatic heterocycles. The van der Waals surface area contributed by atoms with Crippen LogP contribution in [0.2, 0.25) is 0 Å². The second-order valence-electron chi connectivity index (χ2n) is 7.45. The standard InChI is InChI=1S/C19H29N3O4/c1-13(2)11-17(24)22-15-8-6-7-14(12-15)21-16(23)9-10-20-18(25)26-19(3,4)5/h6-8,12-13H,9-11H2,1-5H3,(H,20,25)(H,21,23)(H,22,24). The fraction of sp³-hybridized carbons (Fsp3) is 0.526. The number of anilines is 2. The van der Waals surface area contributed by atoms with E-state index < -0.39 is 11.7 Å². The first-order valence-corrected chi connectivity index (χ1v) is 8.72. The largest absolute Gasteiger partial charge is 0.444 e. The molecule has 3 N–H and O–H groups in total. The quantitative estimate of drug-likeness (QED) is 0.690. The Morgan fingerprint density at radius 3 is 2.15 bits per heavy atom. The maximum atomic E-state index is 12.0. The van der Waals surface area contributed by atoms with E-state index in [0.29, 0.717) is 17.8 Å². The van der Waals surface area contributed by atoms with Crippen LogP contribution in [-0.4, -0.2) is 30.1 Å². The van der Waals surface area contributed by atoms with E-state index in [4.69, 9.17) is 4.74 Å². The van der Waals surface area contributed by atoms with E-state index in [9.17, 15) is 14.4 Å². The molecule has 0 heterocycles. The molecule has 0 saturated carbocycles. The van der Waals surface area contributed by atoms with Gasteiger partial charge in [-0.25, -0.2) is 4.79 Å². The summed E-state index contributed by atoms with van der Waals surface area (Å²) in [5.41, 5.74) is 0.627. The molecule has 1 aromatic carbocycles. The Morgan fingerprint density at radius 1 is 1.04 bits per heavy atom. The third-order valence-electron chi connectivity index (χ3n) is 3.04. The van der Waals surface area contributed by atoms with E-state index in [2.05, 4.69) is 16.0 Å². The maximum absolute atomic E-state index is 12.0. The summed E-state index contributed by atoms with van der Waals surface area (Å²) in [6, 6.07) is 6.94. The SMILES string of the molecule is CC(C)CC(=O)Nc1cccc(NC(=O)CCNC(=O)OC(C)(C)C)c1. The van der Waals surface area contributed by atoms with Crippen molar-refractivity contribution >= 4 is 29.3 Å². The Bertz CT molecular complexity index is 636. The van der Waals surface area contributed by atoms with E-state index in [-0.39, 0.29) is 30.7 Å². The zero-order valence-electron chi connectivity index (χ0n) is 16.1. The fourth-order valence-electron chi connectivity index (χ4n) is 2.07. The molecule has 0 aliphatic rings. The molecule has 1 rings (SSSR count). The van der Waals surface area contributed by atoms with Crippen LogP contribution in [0.15, 0.2) is 24.3 Å². The zero-order chi connectivity index (χ0) is 19.7. The van der Waals surface area contributed by atoms with Gasteiger partial charge in [0.1, 0.15) is 5.60 Å². The Morgan fingerprint density at radius 2 is 1.62 bits per heavy atom. The Hall–Kier alpha value is -2.57. The van der Waals surface area contributed by atoms with Gasteiger partial charge in [0.25, 0.3) is 0 Å². The van der Waals surface area contributed by atoms with Crippen LogP contribution in [0, 0.1) is 5.92 Å². The number of carbonyl (C=O) groups excluding carboxylic acids is 3. The molecule has 0 fully saturated rings. The first-order valence-electron chi connectivity index (χ1n) is 8.72. The molecule has 0 saturated heterocycles. The van der Waals surface area contributed by atoms with Gasteiger partial charge in [-0.3, -0.25) is 9.59 Å². The molecule has 0 spiro atoms. The van der Waals surface area contributed by atoms with Crippen LogP contribution in [-0.2, 0) is 14.3 Å². The highest BCUT2D eigenvalue weighted by Crippen LogP contribution is 2.16. The summed E-state index contributed by atoms with van der Waals surface area (Å²) >= 11 is 0. The van der Waals surface area contributed by atoms with E-state index >= 15 is 0 Å². The lowest BCUT2D eigenvalue weighted by Gasteiger charge is -2.19. The second kappa shape index (κ2) is 9.79. The van der Waals surface area contributed by atoms with E-state index in [1.807, 2.05) is 13.8 Å². The van der Waals surface area contributed by atoms with Crippen molar-refractivity contribution < 1.29 is 19.1 Å². The first kappa shape index (κ1) is 21.5. The summed E-state index contributed by atoms with van der Waals surface area (Å²) in [4.78, 5) is 35.3. The van der Waals surface area contributed by atoms with Crippen molar-refractivity contribution in [3.63, 3.8) is 0 Å². The molecular formula is C19H29N3O4. The highest BCUT2D eigenvalue weighted by molar-refractivity contribution is 5.94. The molecule has 7 heteroatoms. The van der Waals surface area contributed by atoms with Gasteiger partial charge < -0.3 is 20.7 Å². The summed E-state index contributed by atoms with van der Waals surface area (Å²) in [6.45, 7) is 9.43. The van der Waals surface area contributed by atoms with Crippen LogP contribution in [0.25, 0.3) is 0 Å². The van der Waals surface area contributed by atoms with Crippen LogP contribution < -0.4 is 16.0 Å². The van der Waals surface area contributed by atoms with Gasteiger partial charge in [-0.1, -0.05) is 19.9 Å². The minimum atomic E-state index is -0.577. The highest BCUT2D eigenvalue weighted by Gasteiger charge is 2.16. The topological polar surface area (TPSA) is 96.5 Å². The van der Waals surface area contributed by atoms with E-state index in [0.717, 1.165) is 0 Å². The summed E-state index contributed by atoms with van der Waals surface area (Å²) in [5.74, 6) is -0.0351. The fourth-order valence-corrected chi connectivity index (χ4v) is 2.07. The average molecular weight is 363 g/mol. The maximum Gasteiger partial charge on any atom is 0.407 e. The molecule has 26 heavy (non-hydrogen) atoms. The third-order valence-corrected chi connectivity index (χ3v) is 3.04. The van der Waals surface area contributed by atoms with Crippen molar-refractivity contribution in [1.82, 2.24) is 5.32 Å². The van der Waals surface area contributed by atoms with Gasteiger partial charge in [-0.2, -0.15) is 0 Å². The van der Waals surface area contributed by atoms with Gasteiger partial charge in [0.15, 0.2) is 0 Å². The van der Waals surface area contributed by atoms with Crippen molar-refractivity contribution in [2.75, 3.05) is 17.2 Å². The minimum Gasteiger partial charge on any atom is -0.444 e. The van der Waals surface area contributed by atoms with Gasteiger partial charge in [0, 0.05) is 30.8 Å². The summed E-state index contributed by atoms with van der Waals surface area (Å²) < 4.78 is 5.10. The van der Waals surface area contributed by atoms with Crippen molar-refractivity contribution in [3.05, 3.63) is 24.3 Å². The van der Waals surface area contributed by atoms with Crippen LogP contribution in [0.4, 0.5) is 16.2 Å². The van der Waals surface area contributed by atoms with Crippen molar-refractivity contribution in [2.45, 2.75) is 53.1 Å². The van der Waals surface area contributed by atoms with E-state index in [1.54, 1.807) is 45.0 Å². The third kappa shape index (κ3) is 9.66. The minimum absolute atomic E-state index is 0.0648. The predicted molar refractivity (Wildman–Crippen MR) is 102 cm³/mol. The molecule has 3 amide bonds. The van der Waals surface area contributed by atoms with E-state index in [1.165, 1.54) is 0 Å². The number of benzene rings is 1. The van der Waals surface area contributed by atoms with Gasteiger partial charge in [-0.15, -0.1) is 0 Å². The molecule has 0 bridgehead atoms. The Labute approximate surface area is 154 Å². The molecule has 0 unspecified atom stereocenters. The molecular weight excluding hydrogens is 334 g/mol. The van der Waals surface area contributed by atoms with Crippen LogP contribution >= 0.6 is 0 Å². The number of ether oxygens (including phenoxy) is 1. The van der Waals surface area contributed by atoms with Crippen LogP contribution in [0.3, 0.4) is 0 Å². The normalized spacial score (nSPS) is 11.0. The average Bonchev–Trinajstić information content (AvgIpc) is 2.44. The number of nitrogens with one attached hydrogen (secondary N) is 3. The molecule has 7 nitrogen and oxygen atoms in total. The summed E-state index contributed by atoms with van der Waals surface area (Å²) in [5, 5.41) is 8.07. The predicted octanol–water partition coefficient (Wildman–Crippen LogP) is 3.52. The Kier molecular flexibility index (Phi) is 8.09. The monoisotopic (exact) mass is 363 g/mol. The van der Waals surface area contributed by atoms with Crippen molar-refractivity contribution in [2.24, 2.45) is 5.92 Å². The molecule has 1 aromatic rings. The molecule has 0 aliphatic carbocycles. The van der Waals surface area contributed by atoms with Crippen molar-refractivity contribution in [3.8, 4) is 0 Å². The Balaban J connectivity index is 2.43. The number of amides is 3. The first-order chi connectivity index (χ1) is 12.0. The lowest BCUT2D eigenvalue weighted by atomic mass is 10.1. The summed E-state index contributed by atoms with van der Waals surface area (Å²) in [7, 11) is 0. The second-order valence-corrected chi connectivity index (χ2v) is 7.45.